The Balaban J connectivity index is 1.65. The number of anilines is 1. The Bertz CT molecular complexity index is 1230. The summed E-state index contributed by atoms with van der Waals surface area (Å²) in [5.41, 5.74) is 4.66. The number of ether oxygens (including phenoxy) is 1. The molecule has 0 saturated heterocycles. The van der Waals surface area contributed by atoms with Gasteiger partial charge in [-0.15, -0.1) is 0 Å². The van der Waals surface area contributed by atoms with Crippen molar-refractivity contribution in [3.8, 4) is 11.7 Å². The highest BCUT2D eigenvalue weighted by molar-refractivity contribution is 9.10. The van der Waals surface area contributed by atoms with E-state index in [9.17, 15) is 4.79 Å². The Hall–Kier alpha value is -3.13. The number of aryl methyl sites for hydroxylation is 1. The minimum atomic E-state index is -0.0981. The van der Waals surface area contributed by atoms with Gasteiger partial charge in [0.15, 0.2) is 0 Å². The molecule has 0 saturated carbocycles. The maximum Gasteiger partial charge on any atom is 0.231 e. The molecule has 2 aromatic heterocycles. The Morgan fingerprint density at radius 2 is 2.07 bits per heavy atom. The smallest absolute Gasteiger partial charge is 0.231 e. The molecule has 1 amide bonds. The highest BCUT2D eigenvalue weighted by Crippen LogP contribution is 2.41. The van der Waals surface area contributed by atoms with Crippen LogP contribution in [-0.2, 0) is 4.79 Å². The number of hydrogen-bond acceptors (Lipinski definition) is 4. The van der Waals surface area contributed by atoms with E-state index in [2.05, 4.69) is 31.2 Å². The predicted molar refractivity (Wildman–Crippen MR) is 114 cm³/mol. The van der Waals surface area contributed by atoms with E-state index < -0.39 is 0 Å². The van der Waals surface area contributed by atoms with Crippen molar-refractivity contribution in [1.29, 1.82) is 0 Å². The van der Waals surface area contributed by atoms with Crippen LogP contribution < -0.4 is 10.1 Å². The Labute approximate surface area is 175 Å². The first-order chi connectivity index (χ1) is 14.0. The number of amides is 1. The van der Waals surface area contributed by atoms with Crippen LogP contribution in [0.3, 0.4) is 0 Å². The summed E-state index contributed by atoms with van der Waals surface area (Å²) >= 11 is 3.55. The first kappa shape index (κ1) is 17.9. The van der Waals surface area contributed by atoms with E-state index in [4.69, 9.17) is 9.84 Å². The molecule has 0 bridgehead atoms. The number of para-hydroxylation sites is 2. The van der Waals surface area contributed by atoms with E-state index >= 15 is 0 Å². The van der Waals surface area contributed by atoms with Crippen molar-refractivity contribution in [2.24, 2.45) is 0 Å². The normalized spacial score (nSPS) is 16.0. The lowest BCUT2D eigenvalue weighted by Gasteiger charge is -2.24. The quantitative estimate of drug-likeness (QED) is 0.486. The second-order valence-corrected chi connectivity index (χ2v) is 7.89. The average molecular weight is 452 g/mol. The summed E-state index contributed by atoms with van der Waals surface area (Å²) in [7, 11) is 1.63. The molecule has 1 atom stereocenters. The van der Waals surface area contributed by atoms with E-state index in [-0.39, 0.29) is 11.8 Å². The number of benzene rings is 2. The number of methoxy groups -OCH3 is 1. The summed E-state index contributed by atoms with van der Waals surface area (Å²) in [6, 6.07) is 13.7. The molecule has 1 aliphatic heterocycles. The summed E-state index contributed by atoms with van der Waals surface area (Å²) in [5.74, 6) is 1.84. The molecule has 0 radical (unpaired) electrons. The van der Waals surface area contributed by atoms with Gasteiger partial charge in [-0.25, -0.2) is 4.98 Å². The van der Waals surface area contributed by atoms with Crippen molar-refractivity contribution in [2.75, 3.05) is 12.4 Å². The molecule has 2 N–H and O–H groups in total. The third-order valence-corrected chi connectivity index (χ3v) is 5.88. The largest absolute Gasteiger partial charge is 0.496 e. The van der Waals surface area contributed by atoms with Crippen LogP contribution in [0.25, 0.3) is 17.0 Å². The average Bonchev–Trinajstić information content (AvgIpc) is 3.28. The summed E-state index contributed by atoms with van der Waals surface area (Å²) < 4.78 is 7.88. The van der Waals surface area contributed by atoms with E-state index in [1.54, 1.807) is 11.8 Å². The molecule has 4 aromatic rings. The van der Waals surface area contributed by atoms with Crippen LogP contribution in [0.2, 0.25) is 0 Å². The number of imidazole rings is 1. The van der Waals surface area contributed by atoms with Crippen molar-refractivity contribution in [3.63, 3.8) is 0 Å². The van der Waals surface area contributed by atoms with Crippen LogP contribution in [0, 0.1) is 6.92 Å². The van der Waals surface area contributed by atoms with E-state index in [0.717, 1.165) is 38.1 Å². The molecule has 0 fully saturated rings. The molecular weight excluding hydrogens is 434 g/mol. The number of nitrogens with one attached hydrogen (secondary N) is 2. The zero-order valence-electron chi connectivity index (χ0n) is 15.9. The molecule has 3 heterocycles. The number of fused-ring (bicyclic) bond motifs is 2. The van der Waals surface area contributed by atoms with Gasteiger partial charge in [-0.1, -0.05) is 18.2 Å². The Morgan fingerprint density at radius 1 is 1.24 bits per heavy atom. The maximum atomic E-state index is 12.6. The molecule has 29 heavy (non-hydrogen) atoms. The summed E-state index contributed by atoms with van der Waals surface area (Å²) in [4.78, 5) is 20.5. The Morgan fingerprint density at radius 3 is 2.83 bits per heavy atom. The lowest BCUT2D eigenvalue weighted by Crippen LogP contribution is -2.25. The lowest BCUT2D eigenvalue weighted by atomic mass is 9.86. The van der Waals surface area contributed by atoms with Crippen molar-refractivity contribution in [2.45, 2.75) is 19.3 Å². The zero-order valence-corrected chi connectivity index (χ0v) is 17.4. The fourth-order valence-corrected chi connectivity index (χ4v) is 4.48. The van der Waals surface area contributed by atoms with Gasteiger partial charge in [0, 0.05) is 17.9 Å². The maximum absolute atomic E-state index is 12.6. The van der Waals surface area contributed by atoms with Crippen molar-refractivity contribution in [3.05, 3.63) is 63.8 Å². The molecule has 5 rings (SSSR count). The van der Waals surface area contributed by atoms with Crippen molar-refractivity contribution in [1.82, 2.24) is 19.7 Å². The third kappa shape index (κ3) is 2.91. The van der Waals surface area contributed by atoms with Gasteiger partial charge in [-0.3, -0.25) is 4.79 Å². The predicted octanol–water partition coefficient (Wildman–Crippen LogP) is 4.30. The molecule has 0 unspecified atom stereocenters. The topological polar surface area (TPSA) is 84.8 Å². The highest BCUT2D eigenvalue weighted by atomic mass is 79.9. The Kier molecular flexibility index (Phi) is 4.16. The molecule has 146 valence electrons. The first-order valence-electron chi connectivity index (χ1n) is 9.23. The van der Waals surface area contributed by atoms with Crippen LogP contribution in [0.1, 0.15) is 29.2 Å². The minimum Gasteiger partial charge on any atom is -0.496 e. The van der Waals surface area contributed by atoms with Crippen molar-refractivity contribution < 1.29 is 9.53 Å². The first-order valence-corrected chi connectivity index (χ1v) is 10.0. The van der Waals surface area contributed by atoms with Gasteiger partial charge in [0.25, 0.3) is 0 Å². The number of halogens is 1. The number of H-pyrrole nitrogens is 1. The van der Waals surface area contributed by atoms with Gasteiger partial charge in [0.05, 0.1) is 28.3 Å². The van der Waals surface area contributed by atoms with Gasteiger partial charge in [0.2, 0.25) is 11.9 Å². The second-order valence-electron chi connectivity index (χ2n) is 7.04. The molecule has 2 aromatic carbocycles. The van der Waals surface area contributed by atoms with Crippen LogP contribution >= 0.6 is 15.9 Å². The van der Waals surface area contributed by atoms with E-state index in [0.29, 0.717) is 18.2 Å². The molecule has 8 heteroatoms. The SMILES string of the molecule is COc1ccc([C@H]2CC(=O)Nc3c2c(C)nn3-c2nc3ccccc3[nH]2)cc1Br. The van der Waals surface area contributed by atoms with Crippen LogP contribution in [0.15, 0.2) is 46.9 Å². The van der Waals surface area contributed by atoms with Gasteiger partial charge in [0.1, 0.15) is 11.6 Å². The molecule has 7 nitrogen and oxygen atoms in total. The number of carbonyl (C=O) groups excluding carboxylic acids is 1. The number of rotatable bonds is 3. The van der Waals surface area contributed by atoms with E-state index in [1.807, 2.05) is 49.4 Å². The molecule has 1 aliphatic rings. The second kappa shape index (κ2) is 6.73. The third-order valence-electron chi connectivity index (χ3n) is 5.26. The van der Waals surface area contributed by atoms with Gasteiger partial charge in [-0.2, -0.15) is 9.78 Å². The fourth-order valence-electron chi connectivity index (χ4n) is 3.92. The van der Waals surface area contributed by atoms with Gasteiger partial charge in [-0.05, 0) is 52.7 Å². The number of aromatic nitrogens is 4. The summed E-state index contributed by atoms with van der Waals surface area (Å²) in [6.45, 7) is 1.96. The summed E-state index contributed by atoms with van der Waals surface area (Å²) in [5, 5.41) is 7.69. The number of nitrogens with zero attached hydrogens (tertiary/aromatic N) is 3. The van der Waals surface area contributed by atoms with Gasteiger partial charge >= 0.3 is 0 Å². The molecule has 0 aliphatic carbocycles. The standard InChI is InChI=1S/C21H18BrN5O2/c1-11-19-13(12-7-8-17(29-2)14(22)9-12)10-18(28)25-20(19)27(26-11)21-23-15-5-3-4-6-16(15)24-21/h3-9,13H,10H2,1-2H3,(H,23,24)(H,25,28)/t13-/m1/s1. The van der Waals surface area contributed by atoms with Crippen molar-refractivity contribution >= 4 is 38.7 Å². The fraction of sp³-hybridized carbons (Fsp3) is 0.190. The lowest BCUT2D eigenvalue weighted by molar-refractivity contribution is -0.116. The van der Waals surface area contributed by atoms with Crippen LogP contribution in [0.4, 0.5) is 5.82 Å². The molecule has 0 spiro atoms. The highest BCUT2D eigenvalue weighted by Gasteiger charge is 2.33. The van der Waals surface area contributed by atoms with Crippen LogP contribution in [0.5, 0.6) is 5.75 Å². The number of carbonyl (C=O) groups is 1. The molecular formula is C21H18BrN5O2. The summed E-state index contributed by atoms with van der Waals surface area (Å²) in [6.07, 6.45) is 0.360. The monoisotopic (exact) mass is 451 g/mol. The van der Waals surface area contributed by atoms with Gasteiger partial charge < -0.3 is 15.0 Å². The minimum absolute atomic E-state index is 0.0494. The number of hydrogen-bond donors (Lipinski definition) is 2. The number of aromatic amines is 1. The van der Waals surface area contributed by atoms with Crippen LogP contribution in [-0.4, -0.2) is 32.8 Å². The zero-order chi connectivity index (χ0) is 20.1. The van der Waals surface area contributed by atoms with E-state index in [1.165, 1.54) is 0 Å².